The van der Waals surface area contributed by atoms with E-state index in [9.17, 15) is 9.18 Å². The summed E-state index contributed by atoms with van der Waals surface area (Å²) >= 11 is 1.41. The summed E-state index contributed by atoms with van der Waals surface area (Å²) in [6.07, 6.45) is 5.45. The number of hydrogen-bond acceptors (Lipinski definition) is 4. The van der Waals surface area contributed by atoms with E-state index in [2.05, 4.69) is 15.6 Å². The van der Waals surface area contributed by atoms with Gasteiger partial charge in [-0.25, -0.2) is 9.37 Å². The fourth-order valence-electron chi connectivity index (χ4n) is 3.51. The maximum Gasteiger partial charge on any atom is 0.227 e. The van der Waals surface area contributed by atoms with E-state index in [4.69, 9.17) is 0 Å². The third-order valence-electron chi connectivity index (χ3n) is 5.02. The minimum Gasteiger partial charge on any atom is -0.329 e. The normalized spacial score (nSPS) is 14.6. The smallest absolute Gasteiger partial charge is 0.227 e. The van der Waals surface area contributed by atoms with Crippen LogP contribution in [0.1, 0.15) is 32.1 Å². The highest BCUT2D eigenvalue weighted by molar-refractivity contribution is 7.14. The number of para-hydroxylation sites is 1. The quantitative estimate of drug-likeness (QED) is 0.540. The van der Waals surface area contributed by atoms with Crippen molar-refractivity contribution in [2.24, 2.45) is 5.92 Å². The van der Waals surface area contributed by atoms with Gasteiger partial charge in [0.05, 0.1) is 11.4 Å². The first kappa shape index (κ1) is 18.6. The van der Waals surface area contributed by atoms with Crippen LogP contribution in [0.5, 0.6) is 0 Å². The number of halogens is 1. The Labute approximate surface area is 167 Å². The molecule has 1 amide bonds. The Hall–Kier alpha value is -2.73. The summed E-state index contributed by atoms with van der Waals surface area (Å²) in [5.74, 6) is -0.0861. The van der Waals surface area contributed by atoms with Gasteiger partial charge < -0.3 is 10.6 Å². The van der Waals surface area contributed by atoms with Crippen molar-refractivity contribution in [1.29, 1.82) is 0 Å². The molecule has 2 N–H and O–H groups in total. The highest BCUT2D eigenvalue weighted by Gasteiger charge is 2.21. The Morgan fingerprint density at radius 3 is 2.71 bits per heavy atom. The van der Waals surface area contributed by atoms with E-state index in [-0.39, 0.29) is 17.6 Å². The molecule has 0 bridgehead atoms. The third kappa shape index (κ3) is 4.39. The minimum atomic E-state index is -0.313. The maximum atomic E-state index is 13.8. The molecule has 0 saturated heterocycles. The molecule has 0 aliphatic heterocycles. The lowest BCUT2D eigenvalue weighted by molar-refractivity contribution is -0.120. The second-order valence-corrected chi connectivity index (χ2v) is 7.91. The van der Waals surface area contributed by atoms with Gasteiger partial charge in [0.2, 0.25) is 5.91 Å². The van der Waals surface area contributed by atoms with E-state index in [0.717, 1.165) is 42.6 Å². The van der Waals surface area contributed by atoms with Crippen molar-refractivity contribution >= 4 is 33.8 Å². The number of aromatic nitrogens is 1. The number of benzene rings is 2. The fraction of sp³-hybridized carbons (Fsp3) is 0.273. The Kier molecular flexibility index (Phi) is 5.67. The van der Waals surface area contributed by atoms with E-state index in [1.54, 1.807) is 18.2 Å². The molecular weight excluding hydrogens is 373 g/mol. The van der Waals surface area contributed by atoms with Crippen LogP contribution in [-0.4, -0.2) is 10.9 Å². The third-order valence-corrected chi connectivity index (χ3v) is 5.78. The van der Waals surface area contributed by atoms with Gasteiger partial charge in [-0.05, 0) is 37.1 Å². The summed E-state index contributed by atoms with van der Waals surface area (Å²) in [5, 5.41) is 8.61. The first-order valence-corrected chi connectivity index (χ1v) is 10.5. The Morgan fingerprint density at radius 1 is 1.07 bits per heavy atom. The summed E-state index contributed by atoms with van der Waals surface area (Å²) in [5.41, 5.74) is 2.89. The molecule has 144 valence electrons. The van der Waals surface area contributed by atoms with Gasteiger partial charge in [-0.1, -0.05) is 43.5 Å². The van der Waals surface area contributed by atoms with Crippen LogP contribution >= 0.6 is 11.3 Å². The van der Waals surface area contributed by atoms with Crippen molar-refractivity contribution < 1.29 is 9.18 Å². The lowest BCUT2D eigenvalue weighted by Gasteiger charge is -2.20. The molecule has 6 heteroatoms. The molecule has 2 aromatic carbocycles. The average Bonchev–Trinajstić information content (AvgIpc) is 3.19. The van der Waals surface area contributed by atoms with Crippen LogP contribution in [0, 0.1) is 11.7 Å². The van der Waals surface area contributed by atoms with Gasteiger partial charge in [-0.3, -0.25) is 4.79 Å². The van der Waals surface area contributed by atoms with Crippen molar-refractivity contribution in [1.82, 2.24) is 4.98 Å². The largest absolute Gasteiger partial charge is 0.329 e. The van der Waals surface area contributed by atoms with E-state index < -0.39 is 0 Å². The number of nitrogens with one attached hydrogen (secondary N) is 2. The first-order valence-electron chi connectivity index (χ1n) is 9.57. The van der Waals surface area contributed by atoms with Gasteiger partial charge in [0.1, 0.15) is 5.82 Å². The van der Waals surface area contributed by atoms with Crippen LogP contribution in [0.15, 0.2) is 53.9 Å². The van der Waals surface area contributed by atoms with E-state index in [1.165, 1.54) is 23.8 Å². The van der Waals surface area contributed by atoms with Crippen molar-refractivity contribution in [2.75, 3.05) is 10.6 Å². The van der Waals surface area contributed by atoms with Crippen LogP contribution in [0.25, 0.3) is 11.3 Å². The molecule has 1 aliphatic rings. The molecule has 3 aromatic rings. The molecule has 0 unspecified atom stereocenters. The summed E-state index contributed by atoms with van der Waals surface area (Å²) in [6.45, 7) is 0. The minimum absolute atomic E-state index is 0.108. The van der Waals surface area contributed by atoms with Crippen LogP contribution in [0.2, 0.25) is 0 Å². The number of hydrogen-bond donors (Lipinski definition) is 2. The number of rotatable bonds is 5. The number of anilines is 3. The second kappa shape index (κ2) is 8.52. The van der Waals surface area contributed by atoms with Crippen molar-refractivity contribution in [3.05, 3.63) is 59.7 Å². The number of nitrogens with zero attached hydrogens (tertiary/aromatic N) is 1. The Balaban J connectivity index is 1.46. The predicted molar refractivity (Wildman–Crippen MR) is 112 cm³/mol. The monoisotopic (exact) mass is 395 g/mol. The number of carbonyl (C=O) groups excluding carboxylic acids is 1. The van der Waals surface area contributed by atoms with E-state index in [0.29, 0.717) is 10.8 Å². The molecule has 4 nitrogen and oxygen atoms in total. The molecule has 28 heavy (non-hydrogen) atoms. The van der Waals surface area contributed by atoms with Crippen LogP contribution in [0.4, 0.5) is 20.9 Å². The lowest BCUT2D eigenvalue weighted by Crippen LogP contribution is -2.24. The van der Waals surface area contributed by atoms with Crippen molar-refractivity contribution in [2.45, 2.75) is 32.1 Å². The molecule has 0 radical (unpaired) electrons. The SMILES string of the molecule is O=C(Nc1cccc(-c2csc(Nc3ccccc3F)n2)c1)C1CCCCC1. The molecule has 0 atom stereocenters. The number of carbonyl (C=O) groups is 1. The first-order chi connectivity index (χ1) is 13.7. The zero-order valence-electron chi connectivity index (χ0n) is 15.5. The molecule has 1 aromatic heterocycles. The molecular formula is C22H22FN3OS. The average molecular weight is 396 g/mol. The standard InChI is InChI=1S/C22H22FN3OS/c23-18-11-4-5-12-19(18)25-22-26-20(14-28-22)16-9-6-10-17(13-16)24-21(27)15-7-2-1-3-8-15/h4-6,9-15H,1-3,7-8H2,(H,24,27)(H,25,26). The van der Waals surface area contributed by atoms with Crippen molar-refractivity contribution in [3.8, 4) is 11.3 Å². The lowest BCUT2D eigenvalue weighted by atomic mass is 9.88. The van der Waals surface area contributed by atoms with E-state index in [1.807, 2.05) is 29.6 Å². The predicted octanol–water partition coefficient (Wildman–Crippen LogP) is 6.21. The highest BCUT2D eigenvalue weighted by Crippen LogP contribution is 2.30. The zero-order chi connectivity index (χ0) is 19.3. The number of amides is 1. The summed E-state index contributed by atoms with van der Waals surface area (Å²) in [4.78, 5) is 17.0. The van der Waals surface area contributed by atoms with Gasteiger partial charge in [0.25, 0.3) is 0 Å². The molecule has 1 saturated carbocycles. The Morgan fingerprint density at radius 2 is 1.89 bits per heavy atom. The summed E-state index contributed by atoms with van der Waals surface area (Å²) < 4.78 is 13.8. The molecule has 0 spiro atoms. The fourth-order valence-corrected chi connectivity index (χ4v) is 4.24. The van der Waals surface area contributed by atoms with Gasteiger partial charge in [0, 0.05) is 22.5 Å². The van der Waals surface area contributed by atoms with Gasteiger partial charge in [-0.15, -0.1) is 11.3 Å². The van der Waals surface area contributed by atoms with Gasteiger partial charge in [0.15, 0.2) is 5.13 Å². The van der Waals surface area contributed by atoms with Crippen LogP contribution in [-0.2, 0) is 4.79 Å². The molecule has 1 heterocycles. The van der Waals surface area contributed by atoms with E-state index >= 15 is 0 Å². The molecule has 4 rings (SSSR count). The topological polar surface area (TPSA) is 54.0 Å². The van der Waals surface area contributed by atoms with Crippen molar-refractivity contribution in [3.63, 3.8) is 0 Å². The Bertz CT molecular complexity index is 966. The maximum absolute atomic E-state index is 13.8. The zero-order valence-corrected chi connectivity index (χ0v) is 16.3. The summed E-state index contributed by atoms with van der Waals surface area (Å²) in [6, 6.07) is 14.2. The van der Waals surface area contributed by atoms with Crippen LogP contribution < -0.4 is 10.6 Å². The van der Waals surface area contributed by atoms with Gasteiger partial charge in [-0.2, -0.15) is 0 Å². The summed E-state index contributed by atoms with van der Waals surface area (Å²) in [7, 11) is 0. The van der Waals surface area contributed by atoms with Crippen LogP contribution in [0.3, 0.4) is 0 Å². The highest BCUT2D eigenvalue weighted by atomic mass is 32.1. The van der Waals surface area contributed by atoms with Gasteiger partial charge >= 0.3 is 0 Å². The molecule has 1 aliphatic carbocycles. The number of thiazole rings is 1. The second-order valence-electron chi connectivity index (χ2n) is 7.05. The molecule has 1 fully saturated rings.